The minimum absolute atomic E-state index is 0.00393. The molecule has 0 saturated carbocycles. The summed E-state index contributed by atoms with van der Waals surface area (Å²) in [4.78, 5) is 19.5. The van der Waals surface area contributed by atoms with Gasteiger partial charge >= 0.3 is 12.0 Å². The first-order valence-corrected chi connectivity index (χ1v) is 9.05. The molecular formula is C19H20F3N3O3. The lowest BCUT2D eigenvalue weighted by molar-refractivity contribution is -0.293. The van der Waals surface area contributed by atoms with Gasteiger partial charge in [0.25, 0.3) is 0 Å². The molecule has 2 aliphatic heterocycles. The van der Waals surface area contributed by atoms with Crippen LogP contribution in [0.15, 0.2) is 34.9 Å². The molecule has 2 aromatic rings. The number of aromatic nitrogens is 1. The van der Waals surface area contributed by atoms with Crippen molar-refractivity contribution in [3.63, 3.8) is 0 Å². The van der Waals surface area contributed by atoms with E-state index in [-0.39, 0.29) is 12.2 Å². The van der Waals surface area contributed by atoms with Crippen molar-refractivity contribution in [2.45, 2.75) is 38.0 Å². The molecule has 1 spiro atoms. The molecule has 0 unspecified atom stereocenters. The van der Waals surface area contributed by atoms with Crippen LogP contribution in [0.2, 0.25) is 0 Å². The summed E-state index contributed by atoms with van der Waals surface area (Å²) < 4.78 is 52.1. The van der Waals surface area contributed by atoms with Crippen molar-refractivity contribution >= 4 is 11.6 Å². The summed E-state index contributed by atoms with van der Waals surface area (Å²) in [6.45, 7) is 3.36. The lowest BCUT2D eigenvalue weighted by Gasteiger charge is -2.48. The number of rotatable bonds is 3. The second-order valence-corrected chi connectivity index (χ2v) is 7.30. The number of oxazole rings is 1. The Bertz CT molecular complexity index is 861. The molecule has 1 aromatic carbocycles. The Morgan fingerprint density at radius 2 is 1.86 bits per heavy atom. The van der Waals surface area contributed by atoms with Crippen molar-refractivity contribution in [2.75, 3.05) is 24.5 Å². The SMILES string of the molecule is Cc1nc(CN2CCC3(CC2)CN(c2ccc(F)cc2)C(=O)C(F)(F)O3)co1. The van der Waals surface area contributed by atoms with Crippen molar-refractivity contribution in [1.82, 2.24) is 9.88 Å². The van der Waals surface area contributed by atoms with Crippen molar-refractivity contribution in [3.05, 3.63) is 47.9 Å². The number of amides is 1. The first-order chi connectivity index (χ1) is 13.3. The molecule has 0 N–H and O–H groups in total. The molecule has 0 atom stereocenters. The average molecular weight is 395 g/mol. The molecule has 1 aromatic heterocycles. The van der Waals surface area contributed by atoms with Gasteiger partial charge in [-0.3, -0.25) is 9.69 Å². The van der Waals surface area contributed by atoms with E-state index in [1.807, 2.05) is 0 Å². The van der Waals surface area contributed by atoms with E-state index in [9.17, 15) is 18.0 Å². The van der Waals surface area contributed by atoms with Crippen LogP contribution in [0.4, 0.5) is 18.9 Å². The fraction of sp³-hybridized carbons (Fsp3) is 0.474. The van der Waals surface area contributed by atoms with E-state index in [4.69, 9.17) is 9.15 Å². The molecule has 9 heteroatoms. The zero-order chi connectivity index (χ0) is 19.9. The molecule has 4 rings (SSSR count). The summed E-state index contributed by atoms with van der Waals surface area (Å²) in [6.07, 6.45) is -1.66. The quantitative estimate of drug-likeness (QED) is 0.799. The van der Waals surface area contributed by atoms with E-state index >= 15 is 0 Å². The number of hydrogen-bond donors (Lipinski definition) is 0. The Hall–Kier alpha value is -2.39. The highest BCUT2D eigenvalue weighted by molar-refractivity contribution is 5.98. The molecule has 0 aliphatic carbocycles. The van der Waals surface area contributed by atoms with Crippen LogP contribution in [-0.2, 0) is 16.1 Å². The molecule has 0 radical (unpaired) electrons. The van der Waals surface area contributed by atoms with Gasteiger partial charge in [-0.15, -0.1) is 0 Å². The molecule has 3 heterocycles. The van der Waals surface area contributed by atoms with Gasteiger partial charge in [-0.2, -0.15) is 8.78 Å². The number of hydrogen-bond acceptors (Lipinski definition) is 5. The van der Waals surface area contributed by atoms with E-state index in [2.05, 4.69) is 9.88 Å². The Balaban J connectivity index is 1.49. The third kappa shape index (κ3) is 3.64. The fourth-order valence-corrected chi connectivity index (χ4v) is 3.78. The number of aryl methyl sites for hydroxylation is 1. The Labute approximate surface area is 159 Å². The minimum Gasteiger partial charge on any atom is -0.449 e. The predicted octanol–water partition coefficient (Wildman–Crippen LogP) is 3.11. The van der Waals surface area contributed by atoms with Crippen LogP contribution in [0.3, 0.4) is 0 Å². The Morgan fingerprint density at radius 3 is 2.46 bits per heavy atom. The maximum atomic E-state index is 14.4. The molecule has 6 nitrogen and oxygen atoms in total. The molecule has 2 fully saturated rings. The molecule has 150 valence electrons. The number of carbonyl (C=O) groups is 1. The van der Waals surface area contributed by atoms with E-state index < -0.39 is 23.4 Å². The number of anilines is 1. The zero-order valence-electron chi connectivity index (χ0n) is 15.3. The van der Waals surface area contributed by atoms with E-state index in [1.54, 1.807) is 13.2 Å². The summed E-state index contributed by atoms with van der Waals surface area (Å²) in [5.41, 5.74) is -0.136. The topological polar surface area (TPSA) is 58.8 Å². The second-order valence-electron chi connectivity index (χ2n) is 7.30. The fourth-order valence-electron chi connectivity index (χ4n) is 3.78. The number of carbonyl (C=O) groups excluding carboxylic acids is 1. The third-order valence-electron chi connectivity index (χ3n) is 5.24. The van der Waals surface area contributed by atoms with Gasteiger partial charge in [-0.25, -0.2) is 9.37 Å². The van der Waals surface area contributed by atoms with Crippen molar-refractivity contribution < 1.29 is 27.1 Å². The number of likely N-dealkylation sites (tertiary alicyclic amines) is 1. The summed E-state index contributed by atoms with van der Waals surface area (Å²) in [6, 6.07) is 4.94. The molecule has 28 heavy (non-hydrogen) atoms. The minimum atomic E-state index is -3.92. The normalized spacial score (nSPS) is 22.0. The second kappa shape index (κ2) is 6.89. The van der Waals surface area contributed by atoms with Gasteiger partial charge in [0.1, 0.15) is 12.1 Å². The predicted molar refractivity (Wildman–Crippen MR) is 93.3 cm³/mol. The third-order valence-corrected chi connectivity index (χ3v) is 5.24. The summed E-state index contributed by atoms with van der Waals surface area (Å²) in [5.74, 6) is -1.35. The van der Waals surface area contributed by atoms with Crippen LogP contribution in [0.1, 0.15) is 24.4 Å². The number of halogens is 3. The number of nitrogens with zero attached hydrogens (tertiary/aromatic N) is 3. The highest BCUT2D eigenvalue weighted by Crippen LogP contribution is 2.40. The Morgan fingerprint density at radius 1 is 1.18 bits per heavy atom. The molecular weight excluding hydrogens is 375 g/mol. The maximum absolute atomic E-state index is 14.4. The van der Waals surface area contributed by atoms with Gasteiger partial charge in [-0.1, -0.05) is 0 Å². The number of benzene rings is 1. The smallest absolute Gasteiger partial charge is 0.437 e. The highest BCUT2D eigenvalue weighted by Gasteiger charge is 2.57. The molecule has 2 aliphatic rings. The average Bonchev–Trinajstić information content (AvgIpc) is 3.06. The molecule has 2 saturated heterocycles. The number of piperidine rings is 1. The maximum Gasteiger partial charge on any atom is 0.437 e. The van der Waals surface area contributed by atoms with Gasteiger partial charge in [0.05, 0.1) is 17.8 Å². The van der Waals surface area contributed by atoms with Gasteiger partial charge in [0.15, 0.2) is 5.89 Å². The molecule has 0 bridgehead atoms. The highest BCUT2D eigenvalue weighted by atomic mass is 19.3. The van der Waals surface area contributed by atoms with Gasteiger partial charge < -0.3 is 14.1 Å². The largest absolute Gasteiger partial charge is 0.449 e. The van der Waals surface area contributed by atoms with Crippen LogP contribution in [0, 0.1) is 12.7 Å². The number of morpholine rings is 1. The van der Waals surface area contributed by atoms with E-state index in [1.165, 1.54) is 12.1 Å². The zero-order valence-corrected chi connectivity index (χ0v) is 15.3. The van der Waals surface area contributed by atoms with Crippen molar-refractivity contribution in [1.29, 1.82) is 0 Å². The lowest BCUT2D eigenvalue weighted by atomic mass is 9.88. The van der Waals surface area contributed by atoms with Crippen LogP contribution < -0.4 is 4.90 Å². The van der Waals surface area contributed by atoms with Crippen LogP contribution in [0.5, 0.6) is 0 Å². The van der Waals surface area contributed by atoms with Crippen LogP contribution in [-0.4, -0.2) is 47.1 Å². The van der Waals surface area contributed by atoms with Gasteiger partial charge in [-0.05, 0) is 37.1 Å². The van der Waals surface area contributed by atoms with E-state index in [0.29, 0.717) is 38.4 Å². The van der Waals surface area contributed by atoms with Gasteiger partial charge in [0.2, 0.25) is 0 Å². The standard InChI is InChI=1S/C19H20F3N3O3/c1-13-23-15(11-27-13)10-24-8-6-18(7-9-24)12-25(17(26)19(21,22)28-18)16-4-2-14(20)3-5-16/h2-5,11H,6-10,12H2,1H3. The van der Waals surface area contributed by atoms with E-state index in [0.717, 1.165) is 22.7 Å². The van der Waals surface area contributed by atoms with Crippen molar-refractivity contribution in [3.8, 4) is 0 Å². The van der Waals surface area contributed by atoms with Crippen molar-refractivity contribution in [2.24, 2.45) is 0 Å². The number of alkyl halides is 2. The number of ether oxygens (including phenoxy) is 1. The van der Waals surface area contributed by atoms with Crippen LogP contribution >= 0.6 is 0 Å². The summed E-state index contributed by atoms with van der Waals surface area (Å²) in [7, 11) is 0. The lowest BCUT2D eigenvalue weighted by Crippen LogP contribution is -2.64. The van der Waals surface area contributed by atoms with Gasteiger partial charge in [0, 0.05) is 32.2 Å². The summed E-state index contributed by atoms with van der Waals surface area (Å²) >= 11 is 0. The summed E-state index contributed by atoms with van der Waals surface area (Å²) in [5, 5.41) is 0. The first-order valence-electron chi connectivity index (χ1n) is 9.05. The first kappa shape index (κ1) is 18.9. The Kier molecular flexibility index (Phi) is 4.67. The monoisotopic (exact) mass is 395 g/mol. The van der Waals surface area contributed by atoms with Crippen LogP contribution in [0.25, 0.3) is 0 Å². The molecule has 1 amide bonds.